The van der Waals surface area contributed by atoms with Crippen molar-refractivity contribution in [3.63, 3.8) is 0 Å². The summed E-state index contributed by atoms with van der Waals surface area (Å²) in [6, 6.07) is 10.1. The Bertz CT molecular complexity index is 472. The van der Waals surface area contributed by atoms with E-state index < -0.39 is 0 Å². The minimum absolute atomic E-state index is 0.236. The molecule has 2 fully saturated rings. The molecule has 2 atom stereocenters. The van der Waals surface area contributed by atoms with Crippen LogP contribution in [0.25, 0.3) is 0 Å². The van der Waals surface area contributed by atoms with Crippen molar-refractivity contribution < 1.29 is 4.79 Å². The third-order valence-corrected chi connectivity index (χ3v) is 8.55. The van der Waals surface area contributed by atoms with Gasteiger partial charge in [-0.3, -0.25) is 4.79 Å². The zero-order valence-electron chi connectivity index (χ0n) is 13.8. The molecule has 3 rings (SSSR count). The second-order valence-electron chi connectivity index (χ2n) is 7.06. The number of carbonyl (C=O) groups excluding carboxylic acids is 1. The number of Topliss-reactive ketones (excluding diaryl/α,β-unsaturated/α-hetero) is 1. The van der Waals surface area contributed by atoms with Crippen molar-refractivity contribution in [3.05, 3.63) is 35.9 Å². The Morgan fingerprint density at radius 1 is 0.955 bits per heavy atom. The van der Waals surface area contributed by atoms with Gasteiger partial charge in [0.15, 0.2) is 5.25 Å². The van der Waals surface area contributed by atoms with Gasteiger partial charge in [0.2, 0.25) is 5.78 Å². The molecule has 0 heterocycles. The van der Waals surface area contributed by atoms with E-state index in [9.17, 15) is 4.79 Å². The van der Waals surface area contributed by atoms with Crippen LogP contribution < -0.4 is 0 Å². The summed E-state index contributed by atoms with van der Waals surface area (Å²) in [4.78, 5) is 13.2. The molecule has 22 heavy (non-hydrogen) atoms. The van der Waals surface area contributed by atoms with Crippen molar-refractivity contribution in [1.29, 1.82) is 0 Å². The van der Waals surface area contributed by atoms with Crippen molar-refractivity contribution in [2.24, 2.45) is 5.92 Å². The molecule has 0 saturated heterocycles. The van der Waals surface area contributed by atoms with Gasteiger partial charge in [0.1, 0.15) is 5.25 Å². The van der Waals surface area contributed by atoms with Gasteiger partial charge in [-0.25, -0.2) is 0 Å². The minimum atomic E-state index is 0.236. The highest BCUT2D eigenvalue weighted by Gasteiger charge is 2.45. The molecule has 2 aliphatic rings. The van der Waals surface area contributed by atoms with Crippen molar-refractivity contribution in [2.45, 2.75) is 68.3 Å². The molecule has 2 aliphatic carbocycles. The van der Waals surface area contributed by atoms with Crippen LogP contribution in [0.5, 0.6) is 0 Å². The van der Waals surface area contributed by atoms with Crippen LogP contribution in [0.1, 0.15) is 68.1 Å². The average molecular weight is 318 g/mol. The molecule has 2 heteroatoms. The summed E-state index contributed by atoms with van der Waals surface area (Å²) in [5, 5.41) is 1.08. The van der Waals surface area contributed by atoms with Crippen molar-refractivity contribution in [3.8, 4) is 0 Å². The zero-order chi connectivity index (χ0) is 15.4. The summed E-state index contributed by atoms with van der Waals surface area (Å²) in [6.45, 7) is 0. The number of rotatable bonds is 5. The van der Waals surface area contributed by atoms with Gasteiger partial charge in [0.25, 0.3) is 0 Å². The van der Waals surface area contributed by atoms with E-state index in [0.717, 1.165) is 10.8 Å². The molecule has 120 valence electrons. The molecule has 0 amide bonds. The van der Waals surface area contributed by atoms with Gasteiger partial charge in [0.05, 0.1) is 6.26 Å². The molecule has 1 aromatic rings. The fourth-order valence-corrected chi connectivity index (χ4v) is 7.20. The maximum Gasteiger partial charge on any atom is 0.215 e. The van der Waals surface area contributed by atoms with Gasteiger partial charge < -0.3 is 0 Å². The van der Waals surface area contributed by atoms with E-state index in [1.807, 2.05) is 30.3 Å². The first-order valence-electron chi connectivity index (χ1n) is 9.00. The summed E-state index contributed by atoms with van der Waals surface area (Å²) in [7, 11) is 0.236. The molecule has 0 N–H and O–H groups in total. The number of hydrogen-bond donors (Lipinski definition) is 0. The molecule has 1 nitrogen and oxygen atoms in total. The molecular formula is C20H29OS+. The summed E-state index contributed by atoms with van der Waals surface area (Å²) >= 11 is 0. The lowest BCUT2D eigenvalue weighted by Crippen LogP contribution is -2.42. The molecule has 0 radical (unpaired) electrons. The Kier molecular flexibility index (Phi) is 5.62. The number of ketones is 1. The molecular weight excluding hydrogens is 288 g/mol. The minimum Gasteiger partial charge on any atom is -0.288 e. The van der Waals surface area contributed by atoms with Gasteiger partial charge in [-0.15, -0.1) is 0 Å². The van der Waals surface area contributed by atoms with Crippen LogP contribution in [0.4, 0.5) is 0 Å². The third kappa shape index (κ3) is 3.59. The standard InChI is InChI=1S/C20H29OS/c1-22(18-14-6-3-7-15-18)20(17-12-8-9-13-17)19(21)16-10-4-2-5-11-16/h2,4-5,10-11,17-18,20H,3,6-9,12-15H2,1H3/q+1. The summed E-state index contributed by atoms with van der Waals surface area (Å²) in [6.07, 6.45) is 14.4. The predicted octanol–water partition coefficient (Wildman–Crippen LogP) is 5.01. The predicted molar refractivity (Wildman–Crippen MR) is 96.7 cm³/mol. The molecule has 0 aliphatic heterocycles. The lowest BCUT2D eigenvalue weighted by molar-refractivity contribution is 0.0968. The SMILES string of the molecule is C[S+](C1CCCCC1)C(C(=O)c1ccccc1)C1CCCC1. The van der Waals surface area contributed by atoms with E-state index in [0.29, 0.717) is 11.7 Å². The average Bonchev–Trinajstić information content (AvgIpc) is 3.10. The lowest BCUT2D eigenvalue weighted by atomic mass is 9.96. The van der Waals surface area contributed by atoms with Crippen LogP contribution in [0.15, 0.2) is 30.3 Å². The first kappa shape index (κ1) is 16.1. The van der Waals surface area contributed by atoms with Crippen LogP contribution in [0, 0.1) is 5.92 Å². The van der Waals surface area contributed by atoms with E-state index in [-0.39, 0.29) is 16.1 Å². The normalized spacial score (nSPS) is 23.3. The van der Waals surface area contributed by atoms with Crippen LogP contribution in [0.3, 0.4) is 0 Å². The molecule has 2 saturated carbocycles. The van der Waals surface area contributed by atoms with Crippen LogP contribution in [0.2, 0.25) is 0 Å². The fraction of sp³-hybridized carbons (Fsp3) is 0.650. The van der Waals surface area contributed by atoms with E-state index in [4.69, 9.17) is 0 Å². The molecule has 2 unspecified atom stereocenters. The maximum absolute atomic E-state index is 13.2. The Morgan fingerprint density at radius 3 is 2.18 bits per heavy atom. The molecule has 0 aromatic heterocycles. The molecule has 0 bridgehead atoms. The number of hydrogen-bond acceptors (Lipinski definition) is 1. The van der Waals surface area contributed by atoms with Gasteiger partial charge in [-0.05, 0) is 49.4 Å². The second kappa shape index (κ2) is 7.68. The fourth-order valence-electron chi connectivity index (χ4n) is 4.36. The Hall–Kier alpha value is -0.760. The summed E-state index contributed by atoms with van der Waals surface area (Å²) in [5.74, 6) is 1.08. The zero-order valence-corrected chi connectivity index (χ0v) is 14.6. The van der Waals surface area contributed by atoms with Crippen molar-refractivity contribution in [1.82, 2.24) is 0 Å². The monoisotopic (exact) mass is 317 g/mol. The third-order valence-electron chi connectivity index (χ3n) is 5.62. The van der Waals surface area contributed by atoms with E-state index in [1.54, 1.807) is 0 Å². The smallest absolute Gasteiger partial charge is 0.215 e. The van der Waals surface area contributed by atoms with Crippen molar-refractivity contribution >= 4 is 16.7 Å². The van der Waals surface area contributed by atoms with E-state index in [2.05, 4.69) is 6.26 Å². The highest BCUT2D eigenvalue weighted by Crippen LogP contribution is 2.37. The van der Waals surface area contributed by atoms with Gasteiger partial charge in [-0.2, -0.15) is 0 Å². The molecule has 1 aromatic carbocycles. The Labute approximate surface area is 138 Å². The van der Waals surface area contributed by atoms with Crippen LogP contribution in [-0.2, 0) is 10.9 Å². The maximum atomic E-state index is 13.2. The summed E-state index contributed by atoms with van der Waals surface area (Å²) in [5.41, 5.74) is 0.939. The van der Waals surface area contributed by atoms with Gasteiger partial charge >= 0.3 is 0 Å². The quantitative estimate of drug-likeness (QED) is 0.551. The number of carbonyl (C=O) groups is 1. The van der Waals surface area contributed by atoms with Gasteiger partial charge in [0, 0.05) is 11.5 Å². The number of benzene rings is 1. The first-order chi connectivity index (χ1) is 10.8. The largest absolute Gasteiger partial charge is 0.288 e. The van der Waals surface area contributed by atoms with Crippen LogP contribution >= 0.6 is 0 Å². The Morgan fingerprint density at radius 2 is 1.55 bits per heavy atom. The van der Waals surface area contributed by atoms with Crippen molar-refractivity contribution in [2.75, 3.05) is 6.26 Å². The van der Waals surface area contributed by atoms with E-state index in [1.165, 1.54) is 57.8 Å². The van der Waals surface area contributed by atoms with E-state index >= 15 is 0 Å². The summed E-state index contributed by atoms with van der Waals surface area (Å²) < 4.78 is 0. The Balaban J connectivity index is 1.81. The lowest BCUT2D eigenvalue weighted by Gasteiger charge is -2.28. The second-order valence-corrected chi connectivity index (χ2v) is 9.45. The first-order valence-corrected chi connectivity index (χ1v) is 10.8. The van der Waals surface area contributed by atoms with Gasteiger partial charge in [-0.1, -0.05) is 49.6 Å². The topological polar surface area (TPSA) is 17.1 Å². The highest BCUT2D eigenvalue weighted by molar-refractivity contribution is 7.98. The molecule has 0 spiro atoms. The van der Waals surface area contributed by atoms with Crippen LogP contribution in [-0.4, -0.2) is 22.5 Å². The highest BCUT2D eigenvalue weighted by atomic mass is 32.2.